The number of halogens is 2. The van der Waals surface area contributed by atoms with E-state index in [0.717, 1.165) is 64.0 Å². The number of nitrogens with one attached hydrogen (secondary N) is 1. The van der Waals surface area contributed by atoms with E-state index in [-0.39, 0.29) is 12.1 Å². The van der Waals surface area contributed by atoms with Crippen molar-refractivity contribution in [2.45, 2.75) is 12.5 Å². The van der Waals surface area contributed by atoms with Crippen LogP contribution in [0, 0.1) is 11.6 Å². The number of aliphatic hydroxyl groups excluding tert-OH is 1. The number of rotatable bonds is 7. The molecule has 4 nitrogen and oxygen atoms in total. The number of nitrogens with zero attached hydrogens (tertiary/aromatic N) is 1. The van der Waals surface area contributed by atoms with Crippen LogP contribution in [0.5, 0.6) is 0 Å². The van der Waals surface area contributed by atoms with Gasteiger partial charge in [0, 0.05) is 25.2 Å². The van der Waals surface area contributed by atoms with E-state index in [9.17, 15) is 13.9 Å². The van der Waals surface area contributed by atoms with Crippen molar-refractivity contribution in [1.82, 2.24) is 10.2 Å². The van der Waals surface area contributed by atoms with Crippen LogP contribution in [-0.4, -0.2) is 55.9 Å². The van der Waals surface area contributed by atoms with Gasteiger partial charge in [-0.05, 0) is 37.7 Å². The maximum atomic E-state index is 13.5. The zero-order chi connectivity index (χ0) is 15.1. The molecule has 0 aromatic heterocycles. The SMILES string of the molecule is OC(CNCCCN1CCOCC1)c1cc(F)ccc1F. The molecule has 2 rings (SSSR count). The van der Waals surface area contributed by atoms with Crippen LogP contribution in [0.2, 0.25) is 0 Å². The molecule has 0 radical (unpaired) electrons. The first kappa shape index (κ1) is 16.3. The van der Waals surface area contributed by atoms with E-state index in [1.54, 1.807) is 0 Å². The van der Waals surface area contributed by atoms with Gasteiger partial charge in [-0.3, -0.25) is 4.90 Å². The molecule has 1 aromatic carbocycles. The Morgan fingerprint density at radius 2 is 2.05 bits per heavy atom. The number of ether oxygens (including phenoxy) is 1. The molecule has 1 heterocycles. The van der Waals surface area contributed by atoms with E-state index in [0.29, 0.717) is 0 Å². The second-order valence-corrected chi connectivity index (χ2v) is 5.19. The maximum absolute atomic E-state index is 13.5. The van der Waals surface area contributed by atoms with Crippen LogP contribution in [-0.2, 0) is 4.74 Å². The Balaban J connectivity index is 1.64. The van der Waals surface area contributed by atoms with E-state index < -0.39 is 17.7 Å². The minimum absolute atomic E-state index is 0.00400. The van der Waals surface area contributed by atoms with Crippen molar-refractivity contribution < 1.29 is 18.6 Å². The normalized spacial score (nSPS) is 17.9. The monoisotopic (exact) mass is 300 g/mol. The van der Waals surface area contributed by atoms with Gasteiger partial charge in [0.05, 0.1) is 19.3 Å². The molecule has 0 saturated carbocycles. The zero-order valence-corrected chi connectivity index (χ0v) is 12.0. The van der Waals surface area contributed by atoms with Gasteiger partial charge in [0.15, 0.2) is 0 Å². The van der Waals surface area contributed by atoms with Crippen LogP contribution in [0.4, 0.5) is 8.78 Å². The fraction of sp³-hybridized carbons (Fsp3) is 0.600. The lowest BCUT2D eigenvalue weighted by atomic mass is 10.1. The first-order valence-corrected chi connectivity index (χ1v) is 7.30. The van der Waals surface area contributed by atoms with Crippen molar-refractivity contribution in [1.29, 1.82) is 0 Å². The highest BCUT2D eigenvalue weighted by molar-refractivity contribution is 5.21. The molecule has 1 atom stereocenters. The van der Waals surface area contributed by atoms with Crippen molar-refractivity contribution in [3.63, 3.8) is 0 Å². The van der Waals surface area contributed by atoms with Crippen LogP contribution < -0.4 is 5.32 Å². The molecule has 1 unspecified atom stereocenters. The molecular formula is C15H22F2N2O2. The van der Waals surface area contributed by atoms with Crippen molar-refractivity contribution in [2.75, 3.05) is 45.9 Å². The van der Waals surface area contributed by atoms with E-state index in [1.165, 1.54) is 0 Å². The molecule has 1 fully saturated rings. The quantitative estimate of drug-likeness (QED) is 0.745. The molecule has 0 bridgehead atoms. The third-order valence-electron chi connectivity index (χ3n) is 3.59. The van der Waals surface area contributed by atoms with Gasteiger partial charge >= 0.3 is 0 Å². The Morgan fingerprint density at radius 3 is 2.81 bits per heavy atom. The molecule has 118 valence electrons. The molecule has 6 heteroatoms. The predicted molar refractivity (Wildman–Crippen MR) is 76.1 cm³/mol. The second kappa shape index (κ2) is 8.38. The fourth-order valence-corrected chi connectivity index (χ4v) is 2.37. The number of hydrogen-bond acceptors (Lipinski definition) is 4. The summed E-state index contributed by atoms with van der Waals surface area (Å²) >= 11 is 0. The van der Waals surface area contributed by atoms with Crippen molar-refractivity contribution in [3.8, 4) is 0 Å². The Hall–Kier alpha value is -1.08. The van der Waals surface area contributed by atoms with Crippen LogP contribution in [0.15, 0.2) is 18.2 Å². The lowest BCUT2D eigenvalue weighted by Crippen LogP contribution is -2.38. The number of aliphatic hydroxyl groups is 1. The summed E-state index contributed by atoms with van der Waals surface area (Å²) in [6, 6.07) is 3.11. The van der Waals surface area contributed by atoms with Crippen LogP contribution in [0.25, 0.3) is 0 Å². The summed E-state index contributed by atoms with van der Waals surface area (Å²) < 4.78 is 31.8. The maximum Gasteiger partial charge on any atom is 0.129 e. The summed E-state index contributed by atoms with van der Waals surface area (Å²) in [5.41, 5.74) is -0.00400. The number of morpholine rings is 1. The predicted octanol–water partition coefficient (Wildman–Crippen LogP) is 1.31. The van der Waals surface area contributed by atoms with E-state index in [4.69, 9.17) is 4.74 Å². The first-order valence-electron chi connectivity index (χ1n) is 7.30. The van der Waals surface area contributed by atoms with E-state index >= 15 is 0 Å². The van der Waals surface area contributed by atoms with Gasteiger partial charge in [-0.25, -0.2) is 8.78 Å². The van der Waals surface area contributed by atoms with E-state index in [2.05, 4.69) is 10.2 Å². The molecule has 21 heavy (non-hydrogen) atoms. The standard InChI is InChI=1S/C15H22F2N2O2/c16-12-2-3-14(17)13(10-12)15(20)11-18-4-1-5-19-6-8-21-9-7-19/h2-3,10,15,18,20H,1,4-9,11H2. The molecule has 0 spiro atoms. The largest absolute Gasteiger partial charge is 0.387 e. The van der Waals surface area contributed by atoms with Gasteiger partial charge in [-0.15, -0.1) is 0 Å². The highest BCUT2D eigenvalue weighted by atomic mass is 19.1. The smallest absolute Gasteiger partial charge is 0.129 e. The third-order valence-corrected chi connectivity index (χ3v) is 3.59. The average Bonchev–Trinajstić information content (AvgIpc) is 2.50. The van der Waals surface area contributed by atoms with Gasteiger partial charge in [0.25, 0.3) is 0 Å². The molecule has 1 aromatic rings. The Morgan fingerprint density at radius 1 is 1.29 bits per heavy atom. The summed E-state index contributed by atoms with van der Waals surface area (Å²) in [7, 11) is 0. The minimum atomic E-state index is -1.04. The first-order chi connectivity index (χ1) is 10.2. The van der Waals surface area contributed by atoms with Gasteiger partial charge in [0.2, 0.25) is 0 Å². The Labute approximate surface area is 123 Å². The number of benzene rings is 1. The summed E-state index contributed by atoms with van der Waals surface area (Å²) in [5, 5.41) is 13.0. The van der Waals surface area contributed by atoms with Gasteiger partial charge in [-0.2, -0.15) is 0 Å². The highest BCUT2D eigenvalue weighted by Crippen LogP contribution is 2.17. The molecule has 2 N–H and O–H groups in total. The molecule has 1 aliphatic rings. The zero-order valence-electron chi connectivity index (χ0n) is 12.0. The summed E-state index contributed by atoms with van der Waals surface area (Å²) in [5.74, 6) is -1.13. The van der Waals surface area contributed by atoms with Crippen LogP contribution in [0.1, 0.15) is 18.1 Å². The average molecular weight is 300 g/mol. The minimum Gasteiger partial charge on any atom is -0.387 e. The van der Waals surface area contributed by atoms with Crippen LogP contribution >= 0.6 is 0 Å². The molecular weight excluding hydrogens is 278 g/mol. The van der Waals surface area contributed by atoms with Gasteiger partial charge in [0.1, 0.15) is 11.6 Å². The lowest BCUT2D eigenvalue weighted by Gasteiger charge is -2.26. The van der Waals surface area contributed by atoms with Crippen molar-refractivity contribution in [3.05, 3.63) is 35.4 Å². The topological polar surface area (TPSA) is 44.7 Å². The highest BCUT2D eigenvalue weighted by Gasteiger charge is 2.13. The van der Waals surface area contributed by atoms with E-state index in [1.807, 2.05) is 0 Å². The van der Waals surface area contributed by atoms with Crippen LogP contribution in [0.3, 0.4) is 0 Å². The summed E-state index contributed by atoms with van der Waals surface area (Å²) in [6.07, 6.45) is -0.0951. The van der Waals surface area contributed by atoms with Crippen molar-refractivity contribution in [2.24, 2.45) is 0 Å². The molecule has 1 aliphatic heterocycles. The Bertz CT molecular complexity index is 440. The molecule has 0 amide bonds. The van der Waals surface area contributed by atoms with Gasteiger partial charge in [-0.1, -0.05) is 0 Å². The summed E-state index contributed by atoms with van der Waals surface area (Å²) in [4.78, 5) is 2.33. The van der Waals surface area contributed by atoms with Crippen molar-refractivity contribution >= 4 is 0 Å². The third kappa shape index (κ3) is 5.32. The molecule has 1 saturated heterocycles. The summed E-state index contributed by atoms with van der Waals surface area (Å²) in [6.45, 7) is 5.39. The number of hydrogen-bond donors (Lipinski definition) is 2. The lowest BCUT2D eigenvalue weighted by molar-refractivity contribution is 0.0373. The Kier molecular flexibility index (Phi) is 6.50. The second-order valence-electron chi connectivity index (χ2n) is 5.19. The fourth-order valence-electron chi connectivity index (χ4n) is 2.37. The molecule has 0 aliphatic carbocycles. The van der Waals surface area contributed by atoms with Gasteiger partial charge < -0.3 is 15.2 Å².